The maximum atomic E-state index is 12.9. The van der Waals surface area contributed by atoms with Crippen LogP contribution in [-0.4, -0.2) is 26.1 Å². The number of nitrogens with one attached hydrogen (secondary N) is 2. The summed E-state index contributed by atoms with van der Waals surface area (Å²) in [6, 6.07) is 0.781. The summed E-state index contributed by atoms with van der Waals surface area (Å²) >= 11 is 0. The Morgan fingerprint density at radius 3 is 3.00 bits per heavy atom. The Balaban J connectivity index is 2.07. The van der Waals surface area contributed by atoms with Gasteiger partial charge in [0.1, 0.15) is 18.0 Å². The van der Waals surface area contributed by atoms with Crippen molar-refractivity contribution in [2.24, 2.45) is 0 Å². The molecular formula is C10H10FN5O. The number of halogens is 1. The van der Waals surface area contributed by atoms with E-state index in [1.165, 1.54) is 12.5 Å². The fourth-order valence-corrected chi connectivity index (χ4v) is 1.31. The molecule has 0 radical (unpaired) electrons. The fourth-order valence-electron chi connectivity index (χ4n) is 1.31. The van der Waals surface area contributed by atoms with Crippen LogP contribution in [0.3, 0.4) is 0 Å². The number of nitrogens with zero attached hydrogens (tertiary/aromatic N) is 3. The molecule has 7 heteroatoms. The van der Waals surface area contributed by atoms with Gasteiger partial charge >= 0.3 is 0 Å². The van der Waals surface area contributed by atoms with Gasteiger partial charge in [-0.2, -0.15) is 5.10 Å². The number of hydrogen-bond acceptors (Lipinski definition) is 4. The molecule has 2 aromatic rings. The van der Waals surface area contributed by atoms with E-state index in [9.17, 15) is 9.18 Å². The predicted molar refractivity (Wildman–Crippen MR) is 56.5 cm³/mol. The van der Waals surface area contributed by atoms with Gasteiger partial charge in [-0.3, -0.25) is 14.9 Å². The Bertz CT molecular complexity index is 513. The third kappa shape index (κ3) is 2.63. The van der Waals surface area contributed by atoms with Gasteiger partial charge < -0.3 is 5.32 Å². The fraction of sp³-hybridized carbons (Fsp3) is 0.200. The Morgan fingerprint density at radius 1 is 1.53 bits per heavy atom. The molecule has 0 saturated carbocycles. The van der Waals surface area contributed by atoms with Crippen LogP contribution in [0, 0.1) is 5.82 Å². The maximum absolute atomic E-state index is 12.9. The molecule has 2 aromatic heterocycles. The molecule has 17 heavy (non-hydrogen) atoms. The van der Waals surface area contributed by atoms with Crippen LogP contribution in [0.1, 0.15) is 29.1 Å². The van der Waals surface area contributed by atoms with Crippen molar-refractivity contribution in [1.29, 1.82) is 0 Å². The molecule has 1 amide bonds. The number of rotatable bonds is 3. The van der Waals surface area contributed by atoms with Gasteiger partial charge in [0, 0.05) is 6.20 Å². The minimum atomic E-state index is -0.551. The summed E-state index contributed by atoms with van der Waals surface area (Å²) in [5.74, 6) is -0.436. The second kappa shape index (κ2) is 4.69. The number of aromatic nitrogens is 4. The highest BCUT2D eigenvalue weighted by Gasteiger charge is 2.13. The summed E-state index contributed by atoms with van der Waals surface area (Å²) in [4.78, 5) is 19.2. The highest BCUT2D eigenvalue weighted by Crippen LogP contribution is 2.07. The second-order valence-corrected chi connectivity index (χ2v) is 3.46. The van der Waals surface area contributed by atoms with Gasteiger partial charge in [-0.25, -0.2) is 9.37 Å². The van der Waals surface area contributed by atoms with Crippen LogP contribution in [-0.2, 0) is 0 Å². The van der Waals surface area contributed by atoms with E-state index in [1.807, 2.05) is 0 Å². The number of carbonyl (C=O) groups is 1. The monoisotopic (exact) mass is 235 g/mol. The lowest BCUT2D eigenvalue weighted by molar-refractivity contribution is 0.0937. The van der Waals surface area contributed by atoms with Crippen LogP contribution >= 0.6 is 0 Å². The van der Waals surface area contributed by atoms with E-state index in [2.05, 4.69) is 25.5 Å². The zero-order valence-electron chi connectivity index (χ0n) is 9.01. The second-order valence-electron chi connectivity index (χ2n) is 3.46. The van der Waals surface area contributed by atoms with Crippen LogP contribution < -0.4 is 5.32 Å². The van der Waals surface area contributed by atoms with Crippen LogP contribution in [0.25, 0.3) is 0 Å². The summed E-state index contributed by atoms with van der Waals surface area (Å²) in [6.07, 6.45) is 3.68. The van der Waals surface area contributed by atoms with E-state index in [1.54, 1.807) is 6.92 Å². The van der Waals surface area contributed by atoms with Gasteiger partial charge in [0.2, 0.25) is 0 Å². The summed E-state index contributed by atoms with van der Waals surface area (Å²) in [7, 11) is 0. The van der Waals surface area contributed by atoms with E-state index in [4.69, 9.17) is 0 Å². The molecule has 1 atom stereocenters. The molecule has 1 unspecified atom stereocenters. The zero-order valence-corrected chi connectivity index (χ0v) is 9.01. The van der Waals surface area contributed by atoms with E-state index >= 15 is 0 Å². The number of carbonyl (C=O) groups excluding carboxylic acids is 1. The number of pyridine rings is 1. The summed E-state index contributed by atoms with van der Waals surface area (Å²) < 4.78 is 12.9. The summed E-state index contributed by atoms with van der Waals surface area (Å²) in [6.45, 7) is 1.74. The number of hydrogen-bond donors (Lipinski definition) is 2. The zero-order chi connectivity index (χ0) is 12.3. The molecule has 2 rings (SSSR count). The van der Waals surface area contributed by atoms with E-state index < -0.39 is 11.7 Å². The minimum absolute atomic E-state index is 0.163. The van der Waals surface area contributed by atoms with Gasteiger partial charge in [-0.05, 0) is 13.0 Å². The minimum Gasteiger partial charge on any atom is -0.342 e. The van der Waals surface area contributed by atoms with Crippen molar-refractivity contribution in [3.8, 4) is 0 Å². The van der Waals surface area contributed by atoms with Crippen molar-refractivity contribution in [2.75, 3.05) is 0 Å². The van der Waals surface area contributed by atoms with Crippen molar-refractivity contribution in [3.05, 3.63) is 42.0 Å². The lowest BCUT2D eigenvalue weighted by atomic mass is 10.2. The average Bonchev–Trinajstić information content (AvgIpc) is 2.82. The first-order chi connectivity index (χ1) is 8.16. The maximum Gasteiger partial charge on any atom is 0.253 e. The largest absolute Gasteiger partial charge is 0.342 e. The van der Waals surface area contributed by atoms with Crippen LogP contribution in [0.4, 0.5) is 4.39 Å². The lowest BCUT2D eigenvalue weighted by Gasteiger charge is -2.10. The molecule has 0 aliphatic rings. The third-order valence-corrected chi connectivity index (χ3v) is 2.16. The van der Waals surface area contributed by atoms with Gasteiger partial charge in [-0.1, -0.05) is 0 Å². The highest BCUT2D eigenvalue weighted by molar-refractivity contribution is 5.94. The van der Waals surface area contributed by atoms with E-state index in [0.29, 0.717) is 5.82 Å². The quantitative estimate of drug-likeness (QED) is 0.825. The molecule has 88 valence electrons. The van der Waals surface area contributed by atoms with Crippen molar-refractivity contribution in [2.45, 2.75) is 13.0 Å². The standard InChI is InChI=1S/C10H10FN5O/c1-6(9-13-5-14-16-9)15-10(17)7-2-8(11)4-12-3-7/h2-6H,1H3,(H,15,17)(H,13,14,16). The van der Waals surface area contributed by atoms with Crippen LogP contribution in [0.5, 0.6) is 0 Å². The molecule has 0 saturated heterocycles. The SMILES string of the molecule is CC(NC(=O)c1cncc(F)c1)c1ncn[nH]1. The molecule has 0 aliphatic carbocycles. The van der Waals surface area contributed by atoms with Gasteiger partial charge in [0.25, 0.3) is 5.91 Å². The number of aromatic amines is 1. The van der Waals surface area contributed by atoms with Crippen molar-refractivity contribution >= 4 is 5.91 Å². The highest BCUT2D eigenvalue weighted by atomic mass is 19.1. The Labute approximate surface area is 96.3 Å². The Hall–Kier alpha value is -2.31. The van der Waals surface area contributed by atoms with Crippen molar-refractivity contribution in [3.63, 3.8) is 0 Å². The van der Waals surface area contributed by atoms with Crippen molar-refractivity contribution < 1.29 is 9.18 Å². The van der Waals surface area contributed by atoms with Crippen LogP contribution in [0.15, 0.2) is 24.8 Å². The average molecular weight is 235 g/mol. The first-order valence-corrected chi connectivity index (χ1v) is 4.93. The molecule has 2 heterocycles. The van der Waals surface area contributed by atoms with Crippen molar-refractivity contribution in [1.82, 2.24) is 25.5 Å². The molecule has 6 nitrogen and oxygen atoms in total. The van der Waals surface area contributed by atoms with E-state index in [-0.39, 0.29) is 11.6 Å². The molecule has 0 fully saturated rings. The molecule has 2 N–H and O–H groups in total. The topological polar surface area (TPSA) is 83.6 Å². The Morgan fingerprint density at radius 2 is 2.35 bits per heavy atom. The first-order valence-electron chi connectivity index (χ1n) is 4.93. The van der Waals surface area contributed by atoms with Gasteiger partial charge in [0.05, 0.1) is 17.8 Å². The first kappa shape index (κ1) is 11.2. The molecule has 0 bridgehead atoms. The normalized spacial score (nSPS) is 12.1. The lowest BCUT2D eigenvalue weighted by Crippen LogP contribution is -2.27. The smallest absolute Gasteiger partial charge is 0.253 e. The third-order valence-electron chi connectivity index (χ3n) is 2.16. The van der Waals surface area contributed by atoms with E-state index in [0.717, 1.165) is 12.3 Å². The molecule has 0 aliphatic heterocycles. The van der Waals surface area contributed by atoms with Gasteiger partial charge in [0.15, 0.2) is 0 Å². The molecule has 0 aromatic carbocycles. The van der Waals surface area contributed by atoms with Gasteiger partial charge in [-0.15, -0.1) is 0 Å². The summed E-state index contributed by atoms with van der Waals surface area (Å²) in [5, 5.41) is 8.96. The number of amides is 1. The predicted octanol–water partition coefficient (Wildman–Crippen LogP) is 0.830. The molecule has 0 spiro atoms. The Kier molecular flexibility index (Phi) is 3.08. The summed E-state index contributed by atoms with van der Waals surface area (Å²) in [5.41, 5.74) is 0.163. The molecular weight excluding hydrogens is 225 g/mol. The number of H-pyrrole nitrogens is 1. The van der Waals surface area contributed by atoms with Crippen LogP contribution in [0.2, 0.25) is 0 Å².